The molecule has 1 aromatic rings. The third-order valence-corrected chi connectivity index (χ3v) is 2.78. The molecule has 1 aromatic carbocycles. The number of carbonyl (C=O) groups is 2. The SMILES string of the molecule is CCOC(=O)N[C@@H](c1ccc(OC)cc1)[C@@H](O)C(=O)OC. The Bertz CT molecular complexity index is 473. The zero-order valence-electron chi connectivity index (χ0n) is 12.2. The molecule has 0 saturated heterocycles. The summed E-state index contributed by atoms with van der Waals surface area (Å²) in [6, 6.07) is 5.57. The number of ether oxygens (including phenoxy) is 3. The highest BCUT2D eigenvalue weighted by Gasteiger charge is 2.30. The van der Waals surface area contributed by atoms with Crippen LogP contribution < -0.4 is 10.1 Å². The molecule has 0 aromatic heterocycles. The summed E-state index contributed by atoms with van der Waals surface area (Å²) >= 11 is 0. The lowest BCUT2D eigenvalue weighted by atomic mass is 10.0. The number of aliphatic hydroxyl groups is 1. The van der Waals surface area contributed by atoms with Gasteiger partial charge in [0.2, 0.25) is 0 Å². The molecule has 0 spiro atoms. The lowest BCUT2D eigenvalue weighted by Crippen LogP contribution is -2.41. The van der Waals surface area contributed by atoms with E-state index in [1.165, 1.54) is 7.11 Å². The van der Waals surface area contributed by atoms with Gasteiger partial charge in [-0.05, 0) is 24.6 Å². The van der Waals surface area contributed by atoms with Crippen molar-refractivity contribution in [1.29, 1.82) is 0 Å². The number of rotatable bonds is 6. The van der Waals surface area contributed by atoms with Crippen LogP contribution in [0.4, 0.5) is 4.79 Å². The number of hydrogen-bond donors (Lipinski definition) is 2. The second-order valence-corrected chi connectivity index (χ2v) is 4.08. The molecule has 2 atom stereocenters. The van der Waals surface area contributed by atoms with Crippen LogP contribution in [0.25, 0.3) is 0 Å². The van der Waals surface area contributed by atoms with Gasteiger partial charge in [0.05, 0.1) is 26.9 Å². The number of nitrogens with one attached hydrogen (secondary N) is 1. The molecule has 21 heavy (non-hydrogen) atoms. The fraction of sp³-hybridized carbons (Fsp3) is 0.429. The van der Waals surface area contributed by atoms with E-state index in [9.17, 15) is 14.7 Å². The van der Waals surface area contributed by atoms with Gasteiger partial charge in [0.1, 0.15) is 5.75 Å². The second kappa shape index (κ2) is 8.11. The van der Waals surface area contributed by atoms with Crippen LogP contribution in [0.2, 0.25) is 0 Å². The Morgan fingerprint density at radius 1 is 1.24 bits per heavy atom. The quantitative estimate of drug-likeness (QED) is 0.761. The highest BCUT2D eigenvalue weighted by molar-refractivity contribution is 5.77. The monoisotopic (exact) mass is 297 g/mol. The Balaban J connectivity index is 2.98. The van der Waals surface area contributed by atoms with Crippen molar-refractivity contribution in [3.05, 3.63) is 29.8 Å². The van der Waals surface area contributed by atoms with E-state index >= 15 is 0 Å². The smallest absolute Gasteiger partial charge is 0.407 e. The minimum atomic E-state index is -1.55. The predicted molar refractivity (Wildman–Crippen MR) is 73.9 cm³/mol. The van der Waals surface area contributed by atoms with Gasteiger partial charge in [-0.25, -0.2) is 9.59 Å². The van der Waals surface area contributed by atoms with Gasteiger partial charge in [-0.2, -0.15) is 0 Å². The van der Waals surface area contributed by atoms with E-state index in [0.717, 1.165) is 7.11 Å². The molecule has 7 heteroatoms. The zero-order chi connectivity index (χ0) is 15.8. The van der Waals surface area contributed by atoms with Gasteiger partial charge in [0.15, 0.2) is 6.10 Å². The Morgan fingerprint density at radius 3 is 2.33 bits per heavy atom. The number of esters is 1. The van der Waals surface area contributed by atoms with Crippen molar-refractivity contribution < 1.29 is 28.9 Å². The largest absolute Gasteiger partial charge is 0.497 e. The Hall–Kier alpha value is -2.28. The van der Waals surface area contributed by atoms with Crippen LogP contribution in [0.1, 0.15) is 18.5 Å². The average Bonchev–Trinajstić information content (AvgIpc) is 2.51. The van der Waals surface area contributed by atoms with E-state index in [2.05, 4.69) is 10.1 Å². The van der Waals surface area contributed by atoms with Gasteiger partial charge in [-0.3, -0.25) is 0 Å². The summed E-state index contributed by atoms with van der Waals surface area (Å²) in [5.41, 5.74) is 0.516. The van der Waals surface area contributed by atoms with E-state index in [1.807, 2.05) is 0 Å². The number of hydrogen-bond acceptors (Lipinski definition) is 6. The van der Waals surface area contributed by atoms with Gasteiger partial charge >= 0.3 is 12.1 Å². The maximum Gasteiger partial charge on any atom is 0.407 e. The van der Waals surface area contributed by atoms with Crippen molar-refractivity contribution in [1.82, 2.24) is 5.32 Å². The molecule has 7 nitrogen and oxygen atoms in total. The van der Waals surface area contributed by atoms with Crippen molar-refractivity contribution in [2.75, 3.05) is 20.8 Å². The predicted octanol–water partition coefficient (Wildman–Crippen LogP) is 1.02. The van der Waals surface area contributed by atoms with Crippen LogP contribution in [-0.4, -0.2) is 44.1 Å². The van der Waals surface area contributed by atoms with E-state index < -0.39 is 24.2 Å². The third-order valence-electron chi connectivity index (χ3n) is 2.78. The number of methoxy groups -OCH3 is 2. The molecule has 1 amide bonds. The average molecular weight is 297 g/mol. The van der Waals surface area contributed by atoms with Crippen molar-refractivity contribution in [3.8, 4) is 5.75 Å². The fourth-order valence-electron chi connectivity index (χ4n) is 1.71. The van der Waals surface area contributed by atoms with Gasteiger partial charge < -0.3 is 24.6 Å². The van der Waals surface area contributed by atoms with Crippen LogP contribution in [0, 0.1) is 0 Å². The number of benzene rings is 1. The molecule has 0 aliphatic heterocycles. The topological polar surface area (TPSA) is 94.1 Å². The van der Waals surface area contributed by atoms with Crippen molar-refractivity contribution in [3.63, 3.8) is 0 Å². The molecule has 116 valence electrons. The van der Waals surface area contributed by atoms with Crippen molar-refractivity contribution >= 4 is 12.1 Å². The molecule has 0 heterocycles. The summed E-state index contributed by atoms with van der Waals surface area (Å²) in [5, 5.41) is 12.4. The van der Waals surface area contributed by atoms with Crippen LogP contribution in [0.3, 0.4) is 0 Å². The highest BCUT2D eigenvalue weighted by atomic mass is 16.6. The normalized spacial score (nSPS) is 13.0. The second-order valence-electron chi connectivity index (χ2n) is 4.08. The van der Waals surface area contributed by atoms with E-state index in [-0.39, 0.29) is 6.61 Å². The minimum absolute atomic E-state index is 0.176. The van der Waals surface area contributed by atoms with E-state index in [4.69, 9.17) is 9.47 Å². The number of alkyl carbamates (subject to hydrolysis) is 1. The summed E-state index contributed by atoms with van der Waals surface area (Å²) in [7, 11) is 2.67. The molecule has 0 radical (unpaired) electrons. The molecule has 1 rings (SSSR count). The Labute approximate surface area is 122 Å². The summed E-state index contributed by atoms with van der Waals surface area (Å²) < 4.78 is 14.3. The number of amides is 1. The molecule has 2 N–H and O–H groups in total. The highest BCUT2D eigenvalue weighted by Crippen LogP contribution is 2.21. The van der Waals surface area contributed by atoms with Crippen LogP contribution in [0.15, 0.2) is 24.3 Å². The standard InChI is InChI=1S/C14H19NO6/c1-4-21-14(18)15-11(12(16)13(17)20-3)9-5-7-10(19-2)8-6-9/h5-8,11-12,16H,4H2,1-3H3,(H,15,18)/t11-,12+/m0/s1. The molecule has 0 aliphatic carbocycles. The molecular weight excluding hydrogens is 278 g/mol. The molecule has 0 aliphatic rings. The fourth-order valence-corrected chi connectivity index (χ4v) is 1.71. The Morgan fingerprint density at radius 2 is 1.86 bits per heavy atom. The first-order chi connectivity index (χ1) is 10.0. The minimum Gasteiger partial charge on any atom is -0.497 e. The third kappa shape index (κ3) is 4.64. The summed E-state index contributed by atoms with van der Waals surface area (Å²) in [5.74, 6) is -0.242. The maximum absolute atomic E-state index is 11.5. The maximum atomic E-state index is 11.5. The van der Waals surface area contributed by atoms with Gasteiger partial charge in [-0.15, -0.1) is 0 Å². The number of carbonyl (C=O) groups excluding carboxylic acids is 2. The molecule has 0 bridgehead atoms. The zero-order valence-corrected chi connectivity index (χ0v) is 12.2. The van der Waals surface area contributed by atoms with Crippen LogP contribution in [0.5, 0.6) is 5.75 Å². The van der Waals surface area contributed by atoms with E-state index in [0.29, 0.717) is 11.3 Å². The molecule has 0 unspecified atom stereocenters. The first-order valence-electron chi connectivity index (χ1n) is 6.36. The summed E-state index contributed by atoms with van der Waals surface area (Å²) in [6.45, 7) is 1.83. The van der Waals surface area contributed by atoms with E-state index in [1.54, 1.807) is 31.2 Å². The number of aliphatic hydroxyl groups excluding tert-OH is 1. The van der Waals surface area contributed by atoms with Gasteiger partial charge in [0.25, 0.3) is 0 Å². The Kier molecular flexibility index (Phi) is 6.48. The molecule has 0 saturated carbocycles. The molecular formula is C14H19NO6. The van der Waals surface area contributed by atoms with Crippen molar-refractivity contribution in [2.45, 2.75) is 19.1 Å². The lowest BCUT2D eigenvalue weighted by molar-refractivity contribution is -0.152. The summed E-state index contributed by atoms with van der Waals surface area (Å²) in [4.78, 5) is 23.0. The van der Waals surface area contributed by atoms with Crippen LogP contribution in [-0.2, 0) is 14.3 Å². The van der Waals surface area contributed by atoms with Gasteiger partial charge in [0, 0.05) is 0 Å². The first-order valence-corrected chi connectivity index (χ1v) is 6.36. The van der Waals surface area contributed by atoms with Crippen LogP contribution >= 0.6 is 0 Å². The van der Waals surface area contributed by atoms with Crippen molar-refractivity contribution in [2.24, 2.45) is 0 Å². The lowest BCUT2D eigenvalue weighted by Gasteiger charge is -2.22. The van der Waals surface area contributed by atoms with Gasteiger partial charge in [-0.1, -0.05) is 12.1 Å². The first kappa shape index (κ1) is 16.8. The molecule has 0 fully saturated rings. The summed E-state index contributed by atoms with van der Waals surface area (Å²) in [6.07, 6.45) is -2.28.